The molecule has 0 amide bonds. The van der Waals surface area contributed by atoms with Crippen LogP contribution in [0.15, 0.2) is 233 Å². The Morgan fingerprint density at radius 3 is 1.81 bits per heavy atom. The Balaban J connectivity index is 1.13. The second-order valence-electron chi connectivity index (χ2n) is 16.3. The maximum absolute atomic E-state index is 6.76. The quantitative estimate of drug-likeness (QED) is 0.168. The summed E-state index contributed by atoms with van der Waals surface area (Å²) >= 11 is 0. The predicted molar refractivity (Wildman–Crippen MR) is 256 cm³/mol. The zero-order valence-corrected chi connectivity index (χ0v) is 33.6. The van der Waals surface area contributed by atoms with E-state index in [1.807, 2.05) is 6.07 Å². The van der Waals surface area contributed by atoms with Crippen LogP contribution in [0.5, 0.6) is 0 Å². The average Bonchev–Trinajstić information content (AvgIpc) is 4.01. The number of hydrogen-bond donors (Lipinski definition) is 0. The molecule has 0 bridgehead atoms. The standard InChI is InChI=1S/C59H37NO2/c1-3-18-39(19-4-1)59(40-20-5-2-6-21-40)49-27-12-9-25-46(49)57-50(59)28-16-30-52(57)60(41-34-36-54-48(37-41)44-24-11-14-31-53(44)61-54)51-29-13-10-23-43(51)45-26-15-32-55-56(45)47-35-33-38-17-7-8-22-42(38)58(47)62-55/h1-37H. The van der Waals surface area contributed by atoms with E-state index >= 15 is 0 Å². The molecular weight excluding hydrogens is 755 g/mol. The number of rotatable bonds is 6. The van der Waals surface area contributed by atoms with Crippen molar-refractivity contribution in [3.8, 4) is 22.3 Å². The maximum atomic E-state index is 6.76. The van der Waals surface area contributed by atoms with Crippen molar-refractivity contribution in [2.24, 2.45) is 0 Å². The highest BCUT2D eigenvalue weighted by Gasteiger charge is 2.47. The SMILES string of the molecule is c1ccc(C2(c3ccccc3)c3ccccc3-c3c(N(c4ccc5oc6ccccc6c5c4)c4ccccc4-c4cccc5oc6c7ccccc7ccc6c45)cccc32)cc1. The summed E-state index contributed by atoms with van der Waals surface area (Å²) in [5.41, 5.74) is 15.8. The number of nitrogens with zero attached hydrogens (tertiary/aromatic N) is 1. The minimum absolute atomic E-state index is 0.551. The van der Waals surface area contributed by atoms with Gasteiger partial charge in [-0.3, -0.25) is 0 Å². The second kappa shape index (κ2) is 13.4. The second-order valence-corrected chi connectivity index (χ2v) is 16.3. The van der Waals surface area contributed by atoms with Gasteiger partial charge < -0.3 is 13.7 Å². The van der Waals surface area contributed by atoms with Crippen LogP contribution >= 0.6 is 0 Å². The van der Waals surface area contributed by atoms with Crippen molar-refractivity contribution < 1.29 is 8.83 Å². The lowest BCUT2D eigenvalue weighted by atomic mass is 9.68. The van der Waals surface area contributed by atoms with Crippen LogP contribution in [0.25, 0.3) is 76.9 Å². The Labute approximate surface area is 358 Å². The number of fused-ring (bicyclic) bond motifs is 11. The largest absolute Gasteiger partial charge is 0.456 e. The van der Waals surface area contributed by atoms with Gasteiger partial charge in [-0.15, -0.1) is 0 Å². The molecule has 12 aromatic rings. The number of hydrogen-bond acceptors (Lipinski definition) is 3. The van der Waals surface area contributed by atoms with Crippen LogP contribution in [0, 0.1) is 0 Å². The van der Waals surface area contributed by atoms with Gasteiger partial charge in [-0.05, 0) is 87.3 Å². The molecular formula is C59H37NO2. The van der Waals surface area contributed by atoms with E-state index in [0.29, 0.717) is 0 Å². The third-order valence-electron chi connectivity index (χ3n) is 13.1. The third kappa shape index (κ3) is 4.88. The molecule has 1 aliphatic carbocycles. The molecule has 0 saturated heterocycles. The fraction of sp³-hybridized carbons (Fsp3) is 0.0169. The van der Waals surface area contributed by atoms with Gasteiger partial charge in [0.2, 0.25) is 0 Å². The first-order valence-corrected chi connectivity index (χ1v) is 21.3. The first-order valence-electron chi connectivity index (χ1n) is 21.3. The molecule has 290 valence electrons. The summed E-state index contributed by atoms with van der Waals surface area (Å²) in [5, 5.41) is 6.65. The molecule has 0 aliphatic heterocycles. The van der Waals surface area contributed by atoms with Gasteiger partial charge in [0.25, 0.3) is 0 Å². The smallest absolute Gasteiger partial charge is 0.143 e. The van der Waals surface area contributed by atoms with Crippen LogP contribution in [0.4, 0.5) is 17.1 Å². The molecule has 62 heavy (non-hydrogen) atoms. The zero-order chi connectivity index (χ0) is 40.8. The van der Waals surface area contributed by atoms with E-state index in [0.717, 1.165) is 82.8 Å². The highest BCUT2D eigenvalue weighted by atomic mass is 16.3. The highest BCUT2D eigenvalue weighted by Crippen LogP contribution is 2.60. The Bertz CT molecular complexity index is 3670. The minimum Gasteiger partial charge on any atom is -0.456 e. The van der Waals surface area contributed by atoms with Gasteiger partial charge in [-0.25, -0.2) is 0 Å². The lowest BCUT2D eigenvalue weighted by molar-refractivity contribution is 0.669. The minimum atomic E-state index is -0.551. The first kappa shape index (κ1) is 34.7. The topological polar surface area (TPSA) is 29.5 Å². The molecule has 0 spiro atoms. The molecule has 13 rings (SSSR count). The molecule has 2 heterocycles. The van der Waals surface area contributed by atoms with E-state index in [9.17, 15) is 0 Å². The van der Waals surface area contributed by atoms with E-state index in [1.54, 1.807) is 0 Å². The Hall–Kier alpha value is -8.14. The summed E-state index contributed by atoms with van der Waals surface area (Å²) < 4.78 is 13.2. The van der Waals surface area contributed by atoms with E-state index < -0.39 is 5.41 Å². The summed E-state index contributed by atoms with van der Waals surface area (Å²) in [6, 6.07) is 81.1. The lowest BCUT2D eigenvalue weighted by Gasteiger charge is -2.34. The lowest BCUT2D eigenvalue weighted by Crippen LogP contribution is -2.28. The van der Waals surface area contributed by atoms with E-state index in [2.05, 4.69) is 223 Å². The van der Waals surface area contributed by atoms with E-state index in [-0.39, 0.29) is 0 Å². The van der Waals surface area contributed by atoms with Gasteiger partial charge in [-0.1, -0.05) is 176 Å². The van der Waals surface area contributed by atoms with E-state index in [1.165, 1.54) is 33.4 Å². The molecule has 0 fully saturated rings. The van der Waals surface area contributed by atoms with Gasteiger partial charge in [0.15, 0.2) is 0 Å². The molecule has 0 saturated carbocycles. The van der Waals surface area contributed by atoms with E-state index in [4.69, 9.17) is 8.83 Å². The van der Waals surface area contributed by atoms with Crippen LogP contribution < -0.4 is 4.90 Å². The van der Waals surface area contributed by atoms with Gasteiger partial charge in [0.1, 0.15) is 22.3 Å². The van der Waals surface area contributed by atoms with Crippen LogP contribution in [-0.4, -0.2) is 0 Å². The Morgan fingerprint density at radius 2 is 0.968 bits per heavy atom. The van der Waals surface area contributed by atoms with Gasteiger partial charge in [0, 0.05) is 43.7 Å². The normalized spacial score (nSPS) is 13.0. The molecule has 0 N–H and O–H groups in total. The molecule has 2 aromatic heterocycles. The van der Waals surface area contributed by atoms with Crippen LogP contribution in [-0.2, 0) is 5.41 Å². The molecule has 0 atom stereocenters. The summed E-state index contributed by atoms with van der Waals surface area (Å²) in [6.45, 7) is 0. The molecule has 1 aliphatic rings. The van der Waals surface area contributed by atoms with Crippen LogP contribution in [0.3, 0.4) is 0 Å². The number of anilines is 3. The average molecular weight is 792 g/mol. The number of furan rings is 2. The van der Waals surface area contributed by atoms with Gasteiger partial charge in [-0.2, -0.15) is 0 Å². The zero-order valence-electron chi connectivity index (χ0n) is 33.6. The number of para-hydroxylation sites is 2. The molecule has 3 heteroatoms. The molecule has 10 aromatic carbocycles. The summed E-state index contributed by atoms with van der Waals surface area (Å²) in [7, 11) is 0. The first-order chi connectivity index (χ1) is 30.8. The summed E-state index contributed by atoms with van der Waals surface area (Å²) in [4.78, 5) is 2.48. The van der Waals surface area contributed by atoms with Crippen molar-refractivity contribution in [1.29, 1.82) is 0 Å². The monoisotopic (exact) mass is 791 g/mol. The molecule has 0 unspecified atom stereocenters. The van der Waals surface area contributed by atoms with Crippen LogP contribution in [0.1, 0.15) is 22.3 Å². The summed E-state index contributed by atoms with van der Waals surface area (Å²) in [6.07, 6.45) is 0. The number of benzene rings is 10. The Kier molecular flexibility index (Phi) is 7.52. The van der Waals surface area contributed by atoms with Crippen molar-refractivity contribution in [2.45, 2.75) is 5.41 Å². The highest BCUT2D eigenvalue weighted by molar-refractivity contribution is 6.20. The Morgan fingerprint density at radius 1 is 0.355 bits per heavy atom. The van der Waals surface area contributed by atoms with Crippen molar-refractivity contribution in [3.63, 3.8) is 0 Å². The fourth-order valence-electron chi connectivity index (χ4n) is 10.6. The molecule has 0 radical (unpaired) electrons. The third-order valence-corrected chi connectivity index (χ3v) is 13.1. The fourth-order valence-corrected chi connectivity index (χ4v) is 10.6. The maximum Gasteiger partial charge on any atom is 0.143 e. The predicted octanol–water partition coefficient (Wildman–Crippen LogP) is 16.1. The van der Waals surface area contributed by atoms with Crippen molar-refractivity contribution in [2.75, 3.05) is 4.90 Å². The van der Waals surface area contributed by atoms with Gasteiger partial charge in [0.05, 0.1) is 16.8 Å². The van der Waals surface area contributed by atoms with Crippen molar-refractivity contribution in [3.05, 3.63) is 247 Å². The molecule has 3 nitrogen and oxygen atoms in total. The van der Waals surface area contributed by atoms with Crippen molar-refractivity contribution >= 4 is 71.7 Å². The van der Waals surface area contributed by atoms with Crippen molar-refractivity contribution in [1.82, 2.24) is 0 Å². The van der Waals surface area contributed by atoms with Gasteiger partial charge >= 0.3 is 0 Å². The summed E-state index contributed by atoms with van der Waals surface area (Å²) in [5.74, 6) is 0. The van der Waals surface area contributed by atoms with Crippen LogP contribution in [0.2, 0.25) is 0 Å².